The summed E-state index contributed by atoms with van der Waals surface area (Å²) >= 11 is 1.60. The Balaban J connectivity index is 1.21. The van der Waals surface area contributed by atoms with Gasteiger partial charge in [0.15, 0.2) is 0 Å². The Morgan fingerprint density at radius 3 is 2.35 bits per heavy atom. The van der Waals surface area contributed by atoms with Gasteiger partial charge in [-0.25, -0.2) is 4.98 Å². The zero-order valence-electron chi connectivity index (χ0n) is 21.1. The zero-order valence-corrected chi connectivity index (χ0v) is 22.7. The van der Waals surface area contributed by atoms with Gasteiger partial charge < -0.3 is 14.4 Å². The van der Waals surface area contributed by atoms with Crippen LogP contribution >= 0.6 is 11.3 Å². The van der Waals surface area contributed by atoms with Gasteiger partial charge in [0, 0.05) is 19.8 Å². The van der Waals surface area contributed by atoms with Crippen molar-refractivity contribution in [2.24, 2.45) is 0 Å². The minimum Gasteiger partial charge on any atom is -0.491 e. The number of benzene rings is 3. The van der Waals surface area contributed by atoms with Crippen molar-refractivity contribution in [2.75, 3.05) is 45.4 Å². The molecule has 0 unspecified atom stereocenters. The molecule has 7 nitrogen and oxygen atoms in total. The van der Waals surface area contributed by atoms with E-state index < -0.39 is 10.1 Å². The van der Waals surface area contributed by atoms with E-state index in [1.54, 1.807) is 23.5 Å². The van der Waals surface area contributed by atoms with Gasteiger partial charge in [-0.05, 0) is 61.0 Å². The summed E-state index contributed by atoms with van der Waals surface area (Å²) in [7, 11) is 0.267. The Labute approximate surface area is 222 Å². The van der Waals surface area contributed by atoms with Crippen LogP contribution < -0.4 is 9.64 Å². The number of aromatic nitrogens is 1. The summed E-state index contributed by atoms with van der Waals surface area (Å²) < 4.78 is 41.6. The van der Waals surface area contributed by atoms with Gasteiger partial charge in [0.2, 0.25) is 0 Å². The Bertz CT molecular complexity index is 1440. The van der Waals surface area contributed by atoms with Crippen LogP contribution in [0.25, 0.3) is 22.4 Å². The summed E-state index contributed by atoms with van der Waals surface area (Å²) in [5.41, 5.74) is 4.18. The molecule has 4 aromatic rings. The zero-order chi connectivity index (χ0) is 26.3. The van der Waals surface area contributed by atoms with Gasteiger partial charge in [0.05, 0.1) is 34.9 Å². The fourth-order valence-electron chi connectivity index (χ4n) is 3.43. The Morgan fingerprint density at radius 1 is 0.892 bits per heavy atom. The molecule has 194 valence electrons. The maximum absolute atomic E-state index is 12.2. The predicted molar refractivity (Wildman–Crippen MR) is 150 cm³/mol. The largest absolute Gasteiger partial charge is 0.491 e. The molecular weight excluding hydrogens is 508 g/mol. The van der Waals surface area contributed by atoms with Crippen LogP contribution in [0.2, 0.25) is 0 Å². The molecule has 0 N–H and O–H groups in total. The molecule has 9 heteroatoms. The third-order valence-electron chi connectivity index (χ3n) is 5.48. The monoisotopic (exact) mass is 538 g/mol. The molecule has 0 aliphatic carbocycles. The van der Waals surface area contributed by atoms with Gasteiger partial charge in [0.1, 0.15) is 17.4 Å². The molecule has 0 amide bonds. The summed E-state index contributed by atoms with van der Waals surface area (Å²) in [6.45, 7) is 2.64. The smallest absolute Gasteiger partial charge is 0.297 e. The van der Waals surface area contributed by atoms with Gasteiger partial charge in [-0.3, -0.25) is 4.18 Å². The highest BCUT2D eigenvalue weighted by atomic mass is 32.2. The van der Waals surface area contributed by atoms with Crippen LogP contribution in [0.3, 0.4) is 0 Å². The number of hydrogen-bond acceptors (Lipinski definition) is 8. The molecule has 0 bridgehead atoms. The van der Waals surface area contributed by atoms with E-state index in [1.807, 2.05) is 45.3 Å². The predicted octanol–water partition coefficient (Wildman–Crippen LogP) is 5.64. The summed E-state index contributed by atoms with van der Waals surface area (Å²) in [5, 5.41) is 0.924. The second kappa shape index (κ2) is 12.3. The highest BCUT2D eigenvalue weighted by Gasteiger charge is 2.14. The van der Waals surface area contributed by atoms with Crippen molar-refractivity contribution >= 4 is 49.5 Å². The highest BCUT2D eigenvalue weighted by Crippen LogP contribution is 2.27. The minimum absolute atomic E-state index is 0.0564. The molecule has 0 aliphatic rings. The molecule has 37 heavy (non-hydrogen) atoms. The lowest BCUT2D eigenvalue weighted by molar-refractivity contribution is 0.0779. The van der Waals surface area contributed by atoms with Gasteiger partial charge in [-0.1, -0.05) is 35.9 Å². The van der Waals surface area contributed by atoms with Crippen molar-refractivity contribution in [1.82, 2.24) is 4.98 Å². The Morgan fingerprint density at radius 2 is 1.62 bits per heavy atom. The van der Waals surface area contributed by atoms with E-state index in [0.717, 1.165) is 37.8 Å². The van der Waals surface area contributed by atoms with Crippen molar-refractivity contribution in [3.05, 3.63) is 82.9 Å². The summed E-state index contributed by atoms with van der Waals surface area (Å²) in [5.74, 6) is 0.729. The lowest BCUT2D eigenvalue weighted by atomic mass is 10.2. The lowest BCUT2D eigenvalue weighted by Gasteiger charge is -2.11. The van der Waals surface area contributed by atoms with Gasteiger partial charge in [-0.15, -0.1) is 11.3 Å². The first-order valence-electron chi connectivity index (χ1n) is 11.8. The van der Waals surface area contributed by atoms with Crippen LogP contribution in [0, 0.1) is 6.92 Å². The van der Waals surface area contributed by atoms with E-state index in [0.29, 0.717) is 13.2 Å². The number of fused-ring (bicyclic) bond motifs is 1. The maximum atomic E-state index is 12.2. The molecule has 0 saturated heterocycles. The third-order valence-corrected chi connectivity index (χ3v) is 7.79. The van der Waals surface area contributed by atoms with E-state index in [-0.39, 0.29) is 18.1 Å². The average Bonchev–Trinajstić information content (AvgIpc) is 3.29. The fraction of sp³-hybridized carbons (Fsp3) is 0.250. The molecule has 1 heterocycles. The van der Waals surface area contributed by atoms with E-state index >= 15 is 0 Å². The van der Waals surface area contributed by atoms with E-state index in [4.69, 9.17) is 13.7 Å². The van der Waals surface area contributed by atoms with E-state index in [1.165, 1.54) is 12.1 Å². The van der Waals surface area contributed by atoms with Crippen molar-refractivity contribution in [3.63, 3.8) is 0 Å². The number of ether oxygens (including phenoxy) is 2. The standard InChI is InChI=1S/C28H30N2O5S2/c1-21-4-12-25(13-5-21)37(31,32)35-19-17-33-16-18-34-24-11-14-26-27(20-24)36-28(29-26)15-8-22-6-9-23(10-7-22)30(2)3/h4-15,20H,16-19H2,1-3H3. The molecule has 4 rings (SSSR count). The second-order valence-corrected chi connectivity index (χ2v) is 11.2. The third kappa shape index (κ3) is 7.62. The summed E-state index contributed by atoms with van der Waals surface area (Å²) in [4.78, 5) is 6.88. The van der Waals surface area contributed by atoms with Crippen molar-refractivity contribution < 1.29 is 22.1 Å². The SMILES string of the molecule is Cc1ccc(S(=O)(=O)OCCOCCOc2ccc3nc(C=Cc4ccc(N(C)C)cc4)sc3c2)cc1. The number of hydrogen-bond donors (Lipinski definition) is 0. The first-order chi connectivity index (χ1) is 17.8. The molecule has 0 radical (unpaired) electrons. The van der Waals surface area contributed by atoms with Crippen molar-refractivity contribution in [2.45, 2.75) is 11.8 Å². The molecule has 3 aromatic carbocycles. The quantitative estimate of drug-likeness (QED) is 0.171. The number of aryl methyl sites for hydroxylation is 1. The molecule has 0 atom stereocenters. The number of anilines is 1. The lowest BCUT2D eigenvalue weighted by Crippen LogP contribution is -2.14. The van der Waals surface area contributed by atoms with Crippen molar-refractivity contribution in [1.29, 1.82) is 0 Å². The van der Waals surface area contributed by atoms with Gasteiger partial charge in [-0.2, -0.15) is 8.42 Å². The van der Waals surface area contributed by atoms with Gasteiger partial charge in [0.25, 0.3) is 10.1 Å². The highest BCUT2D eigenvalue weighted by molar-refractivity contribution is 7.86. The molecule has 0 fully saturated rings. The minimum atomic E-state index is -3.78. The van der Waals surface area contributed by atoms with Crippen LogP contribution in [0.15, 0.2) is 71.6 Å². The number of thiazole rings is 1. The van der Waals surface area contributed by atoms with E-state index in [2.05, 4.69) is 40.2 Å². The van der Waals surface area contributed by atoms with Crippen LogP contribution in [-0.4, -0.2) is 53.9 Å². The normalized spacial score (nSPS) is 11.9. The van der Waals surface area contributed by atoms with Crippen LogP contribution in [0.4, 0.5) is 5.69 Å². The van der Waals surface area contributed by atoms with Crippen LogP contribution in [-0.2, 0) is 19.0 Å². The Hall–Kier alpha value is -3.24. The number of nitrogens with zero attached hydrogens (tertiary/aromatic N) is 2. The van der Waals surface area contributed by atoms with Crippen LogP contribution in [0.5, 0.6) is 5.75 Å². The van der Waals surface area contributed by atoms with Gasteiger partial charge >= 0.3 is 0 Å². The second-order valence-electron chi connectivity index (χ2n) is 8.55. The molecule has 0 aliphatic heterocycles. The molecular formula is C28H30N2O5S2. The summed E-state index contributed by atoms with van der Waals surface area (Å²) in [6, 6.07) is 20.7. The van der Waals surface area contributed by atoms with Crippen molar-refractivity contribution in [3.8, 4) is 5.75 Å². The molecule has 0 spiro atoms. The fourth-order valence-corrected chi connectivity index (χ4v) is 5.22. The van der Waals surface area contributed by atoms with E-state index in [9.17, 15) is 8.42 Å². The average molecular weight is 539 g/mol. The summed E-state index contributed by atoms with van der Waals surface area (Å²) in [6.07, 6.45) is 4.08. The Kier molecular flexibility index (Phi) is 8.94. The molecule has 0 saturated carbocycles. The molecule has 1 aromatic heterocycles. The van der Waals surface area contributed by atoms with Crippen LogP contribution in [0.1, 0.15) is 16.1 Å². The maximum Gasteiger partial charge on any atom is 0.297 e. The topological polar surface area (TPSA) is 78.0 Å². The number of rotatable bonds is 12. The first-order valence-corrected chi connectivity index (χ1v) is 14.1. The first kappa shape index (κ1) is 26.8.